The zero-order chi connectivity index (χ0) is 83.2. The van der Waals surface area contributed by atoms with Crippen molar-refractivity contribution < 1.29 is 79.3 Å². The number of ether oxygens (including phenoxy) is 1. The summed E-state index contributed by atoms with van der Waals surface area (Å²) in [6.45, 7) is 27.1. The second-order valence-electron chi connectivity index (χ2n) is 32.2. The highest BCUT2D eigenvalue weighted by molar-refractivity contribution is 7.98. The van der Waals surface area contributed by atoms with Crippen LogP contribution in [0.1, 0.15) is 161 Å². The van der Waals surface area contributed by atoms with Gasteiger partial charge in [-0.15, -0.1) is 0 Å². The Hall–Kier alpha value is -8.83. The van der Waals surface area contributed by atoms with Crippen molar-refractivity contribution in [1.82, 2.24) is 55.6 Å². The highest BCUT2D eigenvalue weighted by Crippen LogP contribution is 2.57. The van der Waals surface area contributed by atoms with Gasteiger partial charge in [0.25, 0.3) is 0 Å². The predicted octanol–water partition coefficient (Wildman–Crippen LogP) is 4.92. The van der Waals surface area contributed by atoms with Crippen molar-refractivity contribution in [2.45, 2.75) is 222 Å². The Kier molecular flexibility index (Phi) is 37.5. The third kappa shape index (κ3) is 24.8. The van der Waals surface area contributed by atoms with Crippen molar-refractivity contribution in [3.05, 3.63) is 139 Å². The summed E-state index contributed by atoms with van der Waals surface area (Å²) in [6, 6.07) is 26.2. The monoisotopic (exact) mass is 1630 g/mol. The second kappa shape index (κ2) is 44.0. The highest BCUT2D eigenvalue weighted by atomic mass is 79.9. The summed E-state index contributed by atoms with van der Waals surface area (Å²) in [7, 11) is 7.38. The maximum absolute atomic E-state index is 16.1. The lowest BCUT2D eigenvalue weighted by Crippen LogP contribution is -3.00. The van der Waals surface area contributed by atoms with Crippen molar-refractivity contribution in [3.8, 4) is 0 Å². The van der Waals surface area contributed by atoms with Crippen molar-refractivity contribution in [1.29, 1.82) is 0 Å². The van der Waals surface area contributed by atoms with Crippen LogP contribution in [0.4, 0.5) is 0 Å². The van der Waals surface area contributed by atoms with Gasteiger partial charge in [-0.1, -0.05) is 175 Å². The van der Waals surface area contributed by atoms with Crippen molar-refractivity contribution in [2.24, 2.45) is 35.5 Å². The Labute approximate surface area is 677 Å². The van der Waals surface area contributed by atoms with Crippen LogP contribution in [-0.4, -0.2) is 228 Å². The minimum absolute atomic E-state index is 0. The molecule has 4 aromatic carbocycles. The SMILES string of the molecule is CC[C@@H]1NC(=O)[C@H]([C@H](OC(C)=O)[C@H](C)C/C=C\[P+](c2ccccc2)(c2ccccc2)c2ccccc2)N(C)C(=O)[C@H](C(C)C)N(C)C(=O)[C@H](CC(C)C)N(C)C(=O)[C@H](CC(C)C)N(C)C(=O)[C@@H](C)NC(=O)[C@H](C)NC(=O)[C@H](CC(C)C)N(C)C(=O)[C@H](C(C)c2ccccc2)NC(=O)[C@H](CC(C)C)N(C)C(=O)CN(C)C1=O.[Br-]. The van der Waals surface area contributed by atoms with Gasteiger partial charge in [-0.2, -0.15) is 0 Å². The molecule has 4 N–H and O–H groups in total. The molecule has 11 amide bonds. The molecule has 1 unspecified atom stereocenters. The fraction of sp³-hybridized carbons (Fsp3) is 0.558. The van der Waals surface area contributed by atoms with E-state index < -0.39 is 169 Å². The molecule has 0 spiro atoms. The summed E-state index contributed by atoms with van der Waals surface area (Å²) in [5.74, 6) is -9.34. The van der Waals surface area contributed by atoms with Gasteiger partial charge in [0.2, 0.25) is 65.0 Å². The molecule has 1 heterocycles. The van der Waals surface area contributed by atoms with Crippen molar-refractivity contribution >= 4 is 94.1 Å². The molecule has 0 aromatic heterocycles. The van der Waals surface area contributed by atoms with E-state index >= 15 is 33.6 Å². The number of halogens is 1. The molecule has 1 fully saturated rings. The molecule has 1 saturated heterocycles. The third-order valence-corrected chi connectivity index (χ3v) is 25.1. The van der Waals surface area contributed by atoms with Crippen LogP contribution >= 0.6 is 7.26 Å². The number of amides is 11. The molecule has 0 radical (unpaired) electrons. The van der Waals surface area contributed by atoms with Gasteiger partial charge in [0, 0.05) is 62.2 Å². The molecule has 1 aliphatic rings. The molecule has 24 nitrogen and oxygen atoms in total. The van der Waals surface area contributed by atoms with Gasteiger partial charge in [-0.3, -0.25) is 57.5 Å². The van der Waals surface area contributed by atoms with Gasteiger partial charge in [0.15, 0.2) is 0 Å². The summed E-state index contributed by atoms with van der Waals surface area (Å²) in [5.41, 5.74) is 0.669. The number of esters is 1. The van der Waals surface area contributed by atoms with Crippen LogP contribution in [0.2, 0.25) is 0 Å². The third-order valence-electron chi connectivity index (χ3n) is 21.1. The van der Waals surface area contributed by atoms with Gasteiger partial charge in [0.1, 0.15) is 89.7 Å². The topological polar surface area (TPSA) is 285 Å². The number of nitrogens with one attached hydrogen (secondary N) is 4. The Morgan fingerprint density at radius 3 is 1.29 bits per heavy atom. The van der Waals surface area contributed by atoms with E-state index in [9.17, 15) is 24.0 Å². The van der Waals surface area contributed by atoms with Crippen LogP contribution in [0.3, 0.4) is 0 Å². The Bertz CT molecular complexity index is 3740. The Morgan fingerprint density at radius 2 is 0.848 bits per heavy atom. The Balaban J connectivity index is 0.0000264. The molecule has 26 heteroatoms. The van der Waals surface area contributed by atoms with E-state index in [2.05, 4.69) is 63.5 Å². The van der Waals surface area contributed by atoms with Crippen molar-refractivity contribution in [3.63, 3.8) is 0 Å². The molecule has 616 valence electrons. The summed E-state index contributed by atoms with van der Waals surface area (Å²) in [6.07, 6.45) is 1.14. The summed E-state index contributed by atoms with van der Waals surface area (Å²) in [4.78, 5) is 189. The van der Waals surface area contributed by atoms with Crippen LogP contribution in [0.25, 0.3) is 0 Å². The van der Waals surface area contributed by atoms with E-state index in [1.807, 2.05) is 116 Å². The fourth-order valence-corrected chi connectivity index (χ4v) is 18.4. The number of carbonyl (C=O) groups excluding carboxylic acids is 12. The minimum atomic E-state index is -2.60. The summed E-state index contributed by atoms with van der Waals surface area (Å²) in [5, 5.41) is 14.5. The average Bonchev–Trinajstić information content (AvgIpc) is 0.761. The molecule has 1 aliphatic heterocycles. The molecule has 4 aromatic rings. The molecule has 0 saturated carbocycles. The van der Waals surface area contributed by atoms with Crippen LogP contribution in [0.15, 0.2) is 133 Å². The van der Waals surface area contributed by atoms with Gasteiger partial charge in [-0.05, 0) is 136 Å². The van der Waals surface area contributed by atoms with Gasteiger partial charge in [-0.25, -0.2) is 0 Å². The van der Waals surface area contributed by atoms with Crippen LogP contribution < -0.4 is 54.2 Å². The number of nitrogens with zero attached hydrogens (tertiary/aromatic N) is 7. The lowest BCUT2D eigenvalue weighted by Gasteiger charge is -2.42. The highest BCUT2D eigenvalue weighted by Gasteiger charge is 2.49. The number of allylic oxidation sites excluding steroid dienone is 1. The largest absolute Gasteiger partial charge is 1.00 e. The molecule has 0 bridgehead atoms. The number of benzene rings is 4. The molecular formula is C86H127BrN11O13P. The minimum Gasteiger partial charge on any atom is -1.00 e. The zero-order valence-electron chi connectivity index (χ0n) is 70.3. The maximum Gasteiger partial charge on any atom is 0.303 e. The van der Waals surface area contributed by atoms with E-state index in [-0.39, 0.29) is 79.2 Å². The van der Waals surface area contributed by atoms with E-state index in [0.717, 1.165) is 25.7 Å². The smallest absolute Gasteiger partial charge is 0.303 e. The van der Waals surface area contributed by atoms with Gasteiger partial charge in [0.05, 0.1) is 12.4 Å². The molecule has 0 aliphatic carbocycles. The maximum atomic E-state index is 16.1. The molecular weight excluding hydrogens is 1510 g/mol. The van der Waals surface area contributed by atoms with E-state index in [4.69, 9.17) is 4.74 Å². The first-order chi connectivity index (χ1) is 52.1. The quantitative estimate of drug-likeness (QED) is 0.0637. The normalized spacial score (nSPS) is 23.4. The predicted molar refractivity (Wildman–Crippen MR) is 437 cm³/mol. The first kappa shape index (κ1) is 95.5. The van der Waals surface area contributed by atoms with Gasteiger partial charge >= 0.3 is 5.97 Å². The lowest BCUT2D eigenvalue weighted by atomic mass is 9.90. The molecule has 5 rings (SSSR count). The Morgan fingerprint density at radius 1 is 0.455 bits per heavy atom. The number of rotatable bonds is 21. The van der Waals surface area contributed by atoms with Crippen LogP contribution in [0, 0.1) is 35.5 Å². The first-order valence-corrected chi connectivity index (χ1v) is 41.0. The number of carbonyl (C=O) groups is 12. The van der Waals surface area contributed by atoms with E-state index in [1.54, 1.807) is 65.0 Å². The van der Waals surface area contributed by atoms with Crippen LogP contribution in [0.5, 0.6) is 0 Å². The molecule has 112 heavy (non-hydrogen) atoms. The number of hydrogen-bond acceptors (Lipinski definition) is 13. The lowest BCUT2D eigenvalue weighted by molar-refractivity contribution is -0.164. The van der Waals surface area contributed by atoms with Crippen LogP contribution in [-0.2, 0) is 62.3 Å². The summed E-state index contributed by atoms with van der Waals surface area (Å²) >= 11 is 0. The zero-order valence-corrected chi connectivity index (χ0v) is 72.8. The van der Waals surface area contributed by atoms with Gasteiger partial charge < -0.3 is 77.3 Å². The van der Waals surface area contributed by atoms with E-state index in [1.165, 1.54) is 94.6 Å². The van der Waals surface area contributed by atoms with Crippen molar-refractivity contribution in [2.75, 3.05) is 55.9 Å². The number of likely N-dealkylation sites (N-methyl/N-ethyl adjacent to an activating group) is 7. The average molecular weight is 1630 g/mol. The summed E-state index contributed by atoms with van der Waals surface area (Å²) < 4.78 is 6.30. The first-order valence-electron chi connectivity index (χ1n) is 39.2. The molecule has 13 atom stereocenters. The standard InChI is InChI=1S/C86H126N11O13P.BrH/c1-24-67-82(105)91(17)52-72(99)92(18)68(48-53(2)3)79(102)90-73(59(13)63-39-29-25-30-40-63)85(108)93(19)69(49-54(4)5)78(101)87-60(14)77(100)88-61(15)81(104)94(20)70(50-55(6)7)83(106)95(21)71(51-56(8)9)84(107)96(22)74(57(10)11)86(109)97(23)75(80(103)89-67)76(110-62(16)98)58(12)38-37-47-111(64-41-31-26-32-42-64,65-43-33-27-34-44-65)66-45-35-28-36-46-66;/h25-37,39-47,53-61,67-71,73-76H,24,38,48-52H2,1-23H3,(H3-,87,88,89,90,100,101,102,103);1H/b47-37-;/t58-,59?,60+,61-,67+,68+,69+,70+,71+,73+,74+,75+,76-;/m1./s1. The second-order valence-corrected chi connectivity index (χ2v) is 35.5. The van der Waals surface area contributed by atoms with E-state index in [0.29, 0.717) is 5.56 Å². The number of hydrogen-bond donors (Lipinski definition) is 4. The fourth-order valence-electron chi connectivity index (χ4n) is 14.6.